The molecule has 0 spiro atoms. The third kappa shape index (κ3) is 6.39. The van der Waals surface area contributed by atoms with Gasteiger partial charge in [-0.2, -0.15) is 0 Å². The summed E-state index contributed by atoms with van der Waals surface area (Å²) in [5.74, 6) is -0.774. The molecule has 28 heavy (non-hydrogen) atoms. The molecule has 0 saturated carbocycles. The van der Waals surface area contributed by atoms with Gasteiger partial charge in [-0.3, -0.25) is 9.59 Å². The van der Waals surface area contributed by atoms with Crippen LogP contribution in [0.5, 0.6) is 0 Å². The SMILES string of the molecule is CNC(=O)c1ccc(CN(C)C(=O)CNC(=O)NCc2ccc(F)cc2)cc1. The monoisotopic (exact) mass is 386 g/mol. The van der Waals surface area contributed by atoms with E-state index in [0.29, 0.717) is 12.1 Å². The zero-order chi connectivity index (χ0) is 20.5. The van der Waals surface area contributed by atoms with Crippen LogP contribution in [0.1, 0.15) is 21.5 Å². The van der Waals surface area contributed by atoms with Crippen molar-refractivity contribution in [2.45, 2.75) is 13.1 Å². The number of hydrogen-bond acceptors (Lipinski definition) is 3. The third-order valence-corrected chi connectivity index (χ3v) is 4.06. The molecule has 148 valence electrons. The fourth-order valence-electron chi connectivity index (χ4n) is 2.41. The predicted molar refractivity (Wildman–Crippen MR) is 103 cm³/mol. The number of halogens is 1. The first-order valence-electron chi connectivity index (χ1n) is 8.70. The molecule has 7 nitrogen and oxygen atoms in total. The second kappa shape index (κ2) is 10.1. The molecule has 0 heterocycles. The van der Waals surface area contributed by atoms with Crippen molar-refractivity contribution >= 4 is 17.8 Å². The number of nitrogens with one attached hydrogen (secondary N) is 3. The normalized spacial score (nSPS) is 10.1. The Balaban J connectivity index is 1.74. The van der Waals surface area contributed by atoms with E-state index in [1.54, 1.807) is 50.5 Å². The molecule has 0 aliphatic heterocycles. The van der Waals surface area contributed by atoms with Gasteiger partial charge in [0.05, 0.1) is 6.54 Å². The molecular weight excluding hydrogens is 363 g/mol. The summed E-state index contributed by atoms with van der Waals surface area (Å²) >= 11 is 0. The van der Waals surface area contributed by atoms with Crippen molar-refractivity contribution in [2.24, 2.45) is 0 Å². The van der Waals surface area contributed by atoms with Gasteiger partial charge in [0.1, 0.15) is 5.82 Å². The molecule has 0 aliphatic rings. The highest BCUT2D eigenvalue weighted by Gasteiger charge is 2.11. The number of carbonyl (C=O) groups excluding carboxylic acids is 3. The summed E-state index contributed by atoms with van der Waals surface area (Å²) in [4.78, 5) is 37.0. The van der Waals surface area contributed by atoms with Crippen LogP contribution >= 0.6 is 0 Å². The average molecular weight is 386 g/mol. The highest BCUT2D eigenvalue weighted by Crippen LogP contribution is 2.07. The Kier molecular flexibility index (Phi) is 7.50. The van der Waals surface area contributed by atoms with Crippen LogP contribution in [0.2, 0.25) is 0 Å². The number of carbonyl (C=O) groups is 3. The van der Waals surface area contributed by atoms with Crippen LogP contribution in [0.3, 0.4) is 0 Å². The van der Waals surface area contributed by atoms with Gasteiger partial charge in [-0.1, -0.05) is 24.3 Å². The molecule has 2 rings (SSSR count). The molecule has 0 bridgehead atoms. The lowest BCUT2D eigenvalue weighted by Crippen LogP contribution is -2.42. The topological polar surface area (TPSA) is 90.5 Å². The summed E-state index contributed by atoms with van der Waals surface area (Å²) in [6.45, 7) is 0.432. The Labute approximate surface area is 162 Å². The van der Waals surface area contributed by atoms with Crippen molar-refractivity contribution in [3.8, 4) is 0 Å². The van der Waals surface area contributed by atoms with Crippen molar-refractivity contribution in [3.63, 3.8) is 0 Å². The minimum absolute atomic E-state index is 0.151. The van der Waals surface area contributed by atoms with Crippen LogP contribution in [-0.2, 0) is 17.9 Å². The maximum Gasteiger partial charge on any atom is 0.315 e. The zero-order valence-electron chi connectivity index (χ0n) is 15.8. The summed E-state index contributed by atoms with van der Waals surface area (Å²) in [7, 11) is 3.19. The van der Waals surface area contributed by atoms with Crippen LogP contribution in [0.15, 0.2) is 48.5 Å². The first-order chi connectivity index (χ1) is 13.4. The first kappa shape index (κ1) is 20.9. The van der Waals surface area contributed by atoms with Gasteiger partial charge in [0.2, 0.25) is 5.91 Å². The minimum Gasteiger partial charge on any atom is -0.355 e. The number of urea groups is 1. The van der Waals surface area contributed by atoms with Crippen molar-refractivity contribution in [1.29, 1.82) is 0 Å². The van der Waals surface area contributed by atoms with E-state index < -0.39 is 6.03 Å². The Bertz CT molecular complexity index is 822. The molecule has 0 aromatic heterocycles. The molecular formula is C20H23FN4O3. The van der Waals surface area contributed by atoms with Gasteiger partial charge in [0.25, 0.3) is 5.91 Å². The fraction of sp³-hybridized carbons (Fsp3) is 0.250. The van der Waals surface area contributed by atoms with Gasteiger partial charge in [0.15, 0.2) is 0 Å². The van der Waals surface area contributed by atoms with Crippen LogP contribution < -0.4 is 16.0 Å². The molecule has 0 saturated heterocycles. The lowest BCUT2D eigenvalue weighted by molar-refractivity contribution is -0.129. The Morgan fingerprint density at radius 3 is 2.14 bits per heavy atom. The minimum atomic E-state index is -0.485. The van der Waals surface area contributed by atoms with E-state index in [9.17, 15) is 18.8 Å². The lowest BCUT2D eigenvalue weighted by Gasteiger charge is -2.18. The average Bonchev–Trinajstić information content (AvgIpc) is 2.71. The van der Waals surface area contributed by atoms with Gasteiger partial charge >= 0.3 is 6.03 Å². The number of nitrogens with zero attached hydrogens (tertiary/aromatic N) is 1. The van der Waals surface area contributed by atoms with Crippen molar-refractivity contribution in [3.05, 3.63) is 71.0 Å². The van der Waals surface area contributed by atoms with Gasteiger partial charge in [0, 0.05) is 32.7 Å². The quantitative estimate of drug-likeness (QED) is 0.676. The van der Waals surface area contributed by atoms with Gasteiger partial charge in [-0.15, -0.1) is 0 Å². The number of rotatable bonds is 7. The molecule has 2 aromatic carbocycles. The highest BCUT2D eigenvalue weighted by atomic mass is 19.1. The Hall–Kier alpha value is -3.42. The highest BCUT2D eigenvalue weighted by molar-refractivity contribution is 5.94. The molecule has 0 unspecified atom stereocenters. The van der Waals surface area contributed by atoms with Crippen molar-refractivity contribution < 1.29 is 18.8 Å². The number of hydrogen-bond donors (Lipinski definition) is 3. The summed E-state index contributed by atoms with van der Waals surface area (Å²) in [5, 5.41) is 7.64. The van der Waals surface area contributed by atoms with E-state index in [2.05, 4.69) is 16.0 Å². The molecule has 4 amide bonds. The molecule has 0 aliphatic carbocycles. The summed E-state index contributed by atoms with van der Waals surface area (Å²) in [6, 6.07) is 12.2. The van der Waals surface area contributed by atoms with Crippen LogP contribution in [0.4, 0.5) is 9.18 Å². The summed E-state index contributed by atoms with van der Waals surface area (Å²) < 4.78 is 12.8. The van der Waals surface area contributed by atoms with Crippen molar-refractivity contribution in [1.82, 2.24) is 20.9 Å². The molecule has 3 N–H and O–H groups in total. The smallest absolute Gasteiger partial charge is 0.315 e. The van der Waals surface area contributed by atoms with Crippen molar-refractivity contribution in [2.75, 3.05) is 20.6 Å². The van der Waals surface area contributed by atoms with Crippen LogP contribution in [0.25, 0.3) is 0 Å². The number of amides is 4. The van der Waals surface area contributed by atoms with Gasteiger partial charge < -0.3 is 20.9 Å². The van der Waals surface area contributed by atoms with Crippen LogP contribution in [-0.4, -0.2) is 43.4 Å². The second-order valence-corrected chi connectivity index (χ2v) is 6.19. The van der Waals surface area contributed by atoms with E-state index in [-0.39, 0.29) is 30.7 Å². The second-order valence-electron chi connectivity index (χ2n) is 6.19. The predicted octanol–water partition coefficient (Wildman–Crippen LogP) is 1.64. The largest absolute Gasteiger partial charge is 0.355 e. The third-order valence-electron chi connectivity index (χ3n) is 4.06. The molecule has 0 radical (unpaired) electrons. The molecule has 8 heteroatoms. The van der Waals surface area contributed by atoms with Gasteiger partial charge in [-0.25, -0.2) is 9.18 Å². The Morgan fingerprint density at radius 2 is 1.54 bits per heavy atom. The van der Waals surface area contributed by atoms with E-state index in [1.807, 2.05) is 0 Å². The summed E-state index contributed by atoms with van der Waals surface area (Å²) in [6.07, 6.45) is 0. The Morgan fingerprint density at radius 1 is 0.929 bits per heavy atom. The number of likely N-dealkylation sites (N-methyl/N-ethyl adjacent to an activating group) is 1. The fourth-order valence-corrected chi connectivity index (χ4v) is 2.41. The molecule has 2 aromatic rings. The summed E-state index contributed by atoms with van der Waals surface area (Å²) in [5.41, 5.74) is 2.16. The standard InChI is InChI=1S/C20H23FN4O3/c1-22-19(27)16-7-3-15(4-8-16)13-25(2)18(26)12-24-20(28)23-11-14-5-9-17(21)10-6-14/h3-10H,11-13H2,1-2H3,(H,22,27)(H2,23,24,28). The van der Waals surface area contributed by atoms with Crippen LogP contribution in [0, 0.1) is 5.82 Å². The first-order valence-corrected chi connectivity index (χ1v) is 8.70. The zero-order valence-corrected chi connectivity index (χ0v) is 15.8. The van der Waals surface area contributed by atoms with E-state index in [1.165, 1.54) is 17.0 Å². The maximum atomic E-state index is 12.8. The lowest BCUT2D eigenvalue weighted by atomic mass is 10.1. The van der Waals surface area contributed by atoms with E-state index in [0.717, 1.165) is 11.1 Å². The maximum absolute atomic E-state index is 12.8. The number of benzene rings is 2. The van der Waals surface area contributed by atoms with Gasteiger partial charge in [-0.05, 0) is 35.4 Å². The molecule has 0 fully saturated rings. The molecule has 0 atom stereocenters. The van der Waals surface area contributed by atoms with E-state index in [4.69, 9.17) is 0 Å². The van der Waals surface area contributed by atoms with E-state index >= 15 is 0 Å².